The number of aliphatic hydroxyl groups excluding tert-OH is 1. The molecule has 0 amide bonds. The van der Waals surface area contributed by atoms with E-state index in [9.17, 15) is 22.7 Å². The molecule has 18 heavy (non-hydrogen) atoms. The van der Waals surface area contributed by atoms with Crippen LogP contribution in [0.25, 0.3) is 0 Å². The average Bonchev–Trinajstić information content (AvgIpc) is 2.29. The number of rotatable bonds is 4. The van der Waals surface area contributed by atoms with E-state index in [-0.39, 0.29) is 11.5 Å². The molecule has 1 atom stereocenters. The quantitative estimate of drug-likeness (QED) is 0.803. The fourth-order valence-electron chi connectivity index (χ4n) is 2.02. The minimum atomic E-state index is -4.66. The summed E-state index contributed by atoms with van der Waals surface area (Å²) in [4.78, 5) is 0. The summed E-state index contributed by atoms with van der Waals surface area (Å²) in [6.45, 7) is 3.60. The Hall–Kier alpha value is -1.10. The molecule has 0 aliphatic carbocycles. The smallest absolute Gasteiger partial charge is 0.388 e. The van der Waals surface area contributed by atoms with Crippen LogP contribution >= 0.6 is 0 Å². The van der Waals surface area contributed by atoms with Crippen LogP contribution in [0, 0.1) is 11.7 Å². The first-order valence-corrected chi connectivity index (χ1v) is 5.85. The van der Waals surface area contributed by atoms with Crippen molar-refractivity contribution in [1.82, 2.24) is 0 Å². The standard InChI is InChI=1S/C13H16F4O/c1-3-8(4-2)12(18)10-6-5-9(14)7-11(10)13(15,16)17/h5-8,12,18H,3-4H2,1-2H3. The van der Waals surface area contributed by atoms with Crippen LogP contribution < -0.4 is 0 Å². The van der Waals surface area contributed by atoms with Gasteiger partial charge in [-0.2, -0.15) is 13.2 Å². The average molecular weight is 264 g/mol. The SMILES string of the molecule is CCC(CC)C(O)c1ccc(F)cc1C(F)(F)F. The normalized spacial score (nSPS) is 14.0. The molecule has 0 saturated heterocycles. The zero-order valence-corrected chi connectivity index (χ0v) is 10.3. The van der Waals surface area contributed by atoms with Gasteiger partial charge < -0.3 is 5.11 Å². The van der Waals surface area contributed by atoms with Crippen molar-refractivity contribution < 1.29 is 22.7 Å². The summed E-state index contributed by atoms with van der Waals surface area (Å²) < 4.78 is 51.3. The lowest BCUT2D eigenvalue weighted by Gasteiger charge is -2.23. The van der Waals surface area contributed by atoms with Gasteiger partial charge in [-0.3, -0.25) is 0 Å². The molecule has 0 spiro atoms. The van der Waals surface area contributed by atoms with Crippen LogP contribution in [0.15, 0.2) is 18.2 Å². The van der Waals surface area contributed by atoms with Crippen LogP contribution in [0.3, 0.4) is 0 Å². The van der Waals surface area contributed by atoms with Crippen molar-refractivity contribution in [2.75, 3.05) is 0 Å². The fraction of sp³-hybridized carbons (Fsp3) is 0.538. The maximum atomic E-state index is 12.9. The van der Waals surface area contributed by atoms with Gasteiger partial charge in [0.2, 0.25) is 0 Å². The van der Waals surface area contributed by atoms with Crippen molar-refractivity contribution in [2.24, 2.45) is 5.92 Å². The van der Waals surface area contributed by atoms with Gasteiger partial charge in [-0.25, -0.2) is 4.39 Å². The molecule has 1 N–H and O–H groups in total. The first-order valence-electron chi connectivity index (χ1n) is 5.85. The highest BCUT2D eigenvalue weighted by molar-refractivity contribution is 5.32. The number of benzene rings is 1. The van der Waals surface area contributed by atoms with E-state index in [4.69, 9.17) is 0 Å². The Bertz CT molecular complexity index is 396. The van der Waals surface area contributed by atoms with Crippen LogP contribution in [0.5, 0.6) is 0 Å². The Labute approximate surface area is 103 Å². The third kappa shape index (κ3) is 3.22. The third-order valence-corrected chi connectivity index (χ3v) is 3.13. The Kier molecular flexibility index (Phi) is 4.73. The summed E-state index contributed by atoms with van der Waals surface area (Å²) in [7, 11) is 0. The van der Waals surface area contributed by atoms with Gasteiger partial charge in [-0.1, -0.05) is 32.8 Å². The predicted octanol–water partition coefficient (Wildman–Crippen LogP) is 4.31. The largest absolute Gasteiger partial charge is 0.416 e. The van der Waals surface area contributed by atoms with E-state index in [0.29, 0.717) is 18.9 Å². The zero-order chi connectivity index (χ0) is 13.9. The highest BCUT2D eigenvalue weighted by Gasteiger charge is 2.36. The van der Waals surface area contributed by atoms with Gasteiger partial charge in [0.25, 0.3) is 0 Å². The highest BCUT2D eigenvalue weighted by atomic mass is 19.4. The predicted molar refractivity (Wildman–Crippen MR) is 60.4 cm³/mol. The summed E-state index contributed by atoms with van der Waals surface area (Å²) in [5.74, 6) is -1.22. The summed E-state index contributed by atoms with van der Waals surface area (Å²) in [5, 5.41) is 9.99. The first kappa shape index (κ1) is 15.0. The molecule has 1 aromatic rings. The molecule has 1 aromatic carbocycles. The number of halogens is 4. The van der Waals surface area contributed by atoms with Crippen LogP contribution in [-0.2, 0) is 6.18 Å². The maximum Gasteiger partial charge on any atom is 0.416 e. The van der Waals surface area contributed by atoms with Crippen LogP contribution in [-0.4, -0.2) is 5.11 Å². The Morgan fingerprint density at radius 1 is 1.17 bits per heavy atom. The van der Waals surface area contributed by atoms with E-state index >= 15 is 0 Å². The molecular weight excluding hydrogens is 248 g/mol. The minimum Gasteiger partial charge on any atom is -0.388 e. The topological polar surface area (TPSA) is 20.2 Å². The van der Waals surface area contributed by atoms with E-state index in [2.05, 4.69) is 0 Å². The summed E-state index contributed by atoms with van der Waals surface area (Å²) in [5.41, 5.74) is -1.35. The molecule has 0 heterocycles. The lowest BCUT2D eigenvalue weighted by atomic mass is 9.88. The number of aliphatic hydroxyl groups is 1. The molecule has 0 radical (unpaired) electrons. The molecule has 0 aliphatic rings. The Balaban J connectivity index is 3.23. The molecule has 0 saturated carbocycles. The summed E-state index contributed by atoms with van der Waals surface area (Å²) in [6.07, 6.45) is -4.76. The van der Waals surface area contributed by atoms with Crippen molar-refractivity contribution in [3.8, 4) is 0 Å². The zero-order valence-electron chi connectivity index (χ0n) is 10.3. The van der Waals surface area contributed by atoms with Crippen LogP contribution in [0.2, 0.25) is 0 Å². The monoisotopic (exact) mass is 264 g/mol. The number of alkyl halides is 3. The van der Waals surface area contributed by atoms with Gasteiger partial charge in [-0.15, -0.1) is 0 Å². The molecule has 1 unspecified atom stereocenters. The van der Waals surface area contributed by atoms with Gasteiger partial charge in [0, 0.05) is 0 Å². The molecular formula is C13H16F4O. The molecule has 0 aliphatic heterocycles. The van der Waals surface area contributed by atoms with E-state index in [0.717, 1.165) is 12.1 Å². The van der Waals surface area contributed by atoms with Gasteiger partial charge >= 0.3 is 6.18 Å². The van der Waals surface area contributed by atoms with E-state index < -0.39 is 23.7 Å². The van der Waals surface area contributed by atoms with Gasteiger partial charge in [0.15, 0.2) is 0 Å². The molecule has 0 aromatic heterocycles. The number of hydrogen-bond donors (Lipinski definition) is 1. The lowest BCUT2D eigenvalue weighted by molar-refractivity contribution is -0.139. The van der Waals surface area contributed by atoms with E-state index in [1.54, 1.807) is 13.8 Å². The maximum absolute atomic E-state index is 12.9. The van der Waals surface area contributed by atoms with Crippen molar-refractivity contribution in [3.05, 3.63) is 35.1 Å². The molecule has 0 bridgehead atoms. The molecule has 102 valence electrons. The van der Waals surface area contributed by atoms with Crippen molar-refractivity contribution >= 4 is 0 Å². The Morgan fingerprint density at radius 3 is 2.17 bits per heavy atom. The molecule has 1 nitrogen and oxygen atoms in total. The minimum absolute atomic E-state index is 0.252. The lowest BCUT2D eigenvalue weighted by Crippen LogP contribution is -2.17. The molecule has 0 fully saturated rings. The third-order valence-electron chi connectivity index (χ3n) is 3.13. The number of hydrogen-bond acceptors (Lipinski definition) is 1. The van der Waals surface area contributed by atoms with Crippen molar-refractivity contribution in [1.29, 1.82) is 0 Å². The summed E-state index contributed by atoms with van der Waals surface area (Å²) in [6, 6.07) is 2.39. The van der Waals surface area contributed by atoms with Crippen LogP contribution in [0.1, 0.15) is 43.9 Å². The molecule has 5 heteroatoms. The van der Waals surface area contributed by atoms with Gasteiger partial charge in [0.1, 0.15) is 5.82 Å². The second kappa shape index (κ2) is 5.69. The van der Waals surface area contributed by atoms with Gasteiger partial charge in [0.05, 0.1) is 11.7 Å². The summed E-state index contributed by atoms with van der Waals surface area (Å²) >= 11 is 0. The second-order valence-electron chi connectivity index (χ2n) is 4.25. The first-order chi connectivity index (χ1) is 8.31. The second-order valence-corrected chi connectivity index (χ2v) is 4.25. The Morgan fingerprint density at radius 2 is 1.72 bits per heavy atom. The highest BCUT2D eigenvalue weighted by Crippen LogP contribution is 2.38. The molecule has 1 rings (SSSR count). The van der Waals surface area contributed by atoms with E-state index in [1.165, 1.54) is 0 Å². The van der Waals surface area contributed by atoms with Gasteiger partial charge in [-0.05, 0) is 23.6 Å². The van der Waals surface area contributed by atoms with E-state index in [1.807, 2.05) is 0 Å². The van der Waals surface area contributed by atoms with Crippen molar-refractivity contribution in [2.45, 2.75) is 39.0 Å². The fourth-order valence-corrected chi connectivity index (χ4v) is 2.02. The van der Waals surface area contributed by atoms with Crippen LogP contribution in [0.4, 0.5) is 17.6 Å². The van der Waals surface area contributed by atoms with Crippen molar-refractivity contribution in [3.63, 3.8) is 0 Å².